The van der Waals surface area contributed by atoms with Gasteiger partial charge in [0.15, 0.2) is 0 Å². The Labute approximate surface area is 143 Å². The van der Waals surface area contributed by atoms with Gasteiger partial charge in [0.1, 0.15) is 10.7 Å². The number of carboxylic acids is 1. The predicted molar refractivity (Wildman–Crippen MR) is 95.7 cm³/mol. The molecule has 0 radical (unpaired) electrons. The maximum Gasteiger partial charge on any atom is 0.305 e. The Balaban J connectivity index is 2.17. The third-order valence-electron chi connectivity index (χ3n) is 3.80. The fourth-order valence-electron chi connectivity index (χ4n) is 2.64. The Kier molecular flexibility index (Phi) is 4.49. The third-order valence-corrected chi connectivity index (χ3v) is 4.88. The molecule has 0 amide bonds. The van der Waals surface area contributed by atoms with E-state index in [2.05, 4.69) is 4.98 Å². The van der Waals surface area contributed by atoms with Crippen LogP contribution in [0.3, 0.4) is 0 Å². The first kappa shape index (κ1) is 16.4. The Morgan fingerprint density at radius 1 is 1.29 bits per heavy atom. The molecule has 0 spiro atoms. The maximum atomic E-state index is 12.8. The Hall–Kier alpha value is -2.47. The van der Waals surface area contributed by atoms with Crippen LogP contribution in [0.25, 0.3) is 20.7 Å². The highest BCUT2D eigenvalue weighted by Crippen LogP contribution is 2.31. The van der Waals surface area contributed by atoms with Crippen molar-refractivity contribution in [1.29, 1.82) is 0 Å². The van der Waals surface area contributed by atoms with E-state index in [4.69, 9.17) is 5.11 Å². The van der Waals surface area contributed by atoms with Gasteiger partial charge in [-0.1, -0.05) is 44.2 Å². The van der Waals surface area contributed by atoms with E-state index in [1.54, 1.807) is 0 Å². The molecule has 0 aliphatic heterocycles. The van der Waals surface area contributed by atoms with Crippen molar-refractivity contribution in [3.8, 4) is 10.4 Å². The quantitative estimate of drug-likeness (QED) is 0.767. The van der Waals surface area contributed by atoms with E-state index in [1.165, 1.54) is 15.9 Å². The minimum atomic E-state index is -0.924. The second kappa shape index (κ2) is 6.57. The van der Waals surface area contributed by atoms with Gasteiger partial charge in [0.05, 0.1) is 11.8 Å². The lowest BCUT2D eigenvalue weighted by molar-refractivity contribution is -0.137. The van der Waals surface area contributed by atoms with Crippen molar-refractivity contribution in [3.05, 3.63) is 52.6 Å². The molecule has 0 unspecified atom stereocenters. The van der Waals surface area contributed by atoms with Gasteiger partial charge >= 0.3 is 5.97 Å². The van der Waals surface area contributed by atoms with Crippen molar-refractivity contribution in [2.45, 2.75) is 32.7 Å². The zero-order chi connectivity index (χ0) is 17.3. The number of hydrogen-bond acceptors (Lipinski definition) is 4. The van der Waals surface area contributed by atoms with Gasteiger partial charge in [-0.15, -0.1) is 11.3 Å². The van der Waals surface area contributed by atoms with Gasteiger partial charge in [-0.3, -0.25) is 14.2 Å². The fourth-order valence-corrected chi connectivity index (χ4v) is 3.67. The van der Waals surface area contributed by atoms with Crippen molar-refractivity contribution in [1.82, 2.24) is 9.55 Å². The maximum absolute atomic E-state index is 12.8. The summed E-state index contributed by atoms with van der Waals surface area (Å²) in [6, 6.07) is 11.7. The molecule has 6 heteroatoms. The lowest BCUT2D eigenvalue weighted by Gasteiger charge is -2.13. The smallest absolute Gasteiger partial charge is 0.305 e. The van der Waals surface area contributed by atoms with Crippen molar-refractivity contribution in [2.24, 2.45) is 0 Å². The first-order valence-electron chi connectivity index (χ1n) is 7.79. The number of carbonyl (C=O) groups is 1. The lowest BCUT2D eigenvalue weighted by Crippen LogP contribution is -2.26. The minimum absolute atomic E-state index is 0.0400. The number of aromatic nitrogens is 2. The topological polar surface area (TPSA) is 72.2 Å². The lowest BCUT2D eigenvalue weighted by atomic mass is 10.1. The monoisotopic (exact) mass is 342 g/mol. The van der Waals surface area contributed by atoms with Crippen molar-refractivity contribution in [2.75, 3.05) is 0 Å². The van der Waals surface area contributed by atoms with Crippen molar-refractivity contribution >= 4 is 27.5 Å². The fraction of sp³-hybridized carbons (Fsp3) is 0.278. The Bertz CT molecular complexity index is 942. The second-order valence-corrected chi connectivity index (χ2v) is 6.95. The van der Waals surface area contributed by atoms with Crippen molar-refractivity contribution in [3.63, 3.8) is 0 Å². The van der Waals surface area contributed by atoms with Crippen LogP contribution in [0, 0.1) is 0 Å². The van der Waals surface area contributed by atoms with Crippen LogP contribution in [0.2, 0.25) is 0 Å². The summed E-state index contributed by atoms with van der Waals surface area (Å²) in [5.74, 6) is -0.250. The van der Waals surface area contributed by atoms with Crippen LogP contribution >= 0.6 is 11.3 Å². The molecular weight excluding hydrogens is 324 g/mol. The molecule has 1 aromatic carbocycles. The molecule has 0 saturated carbocycles. The van der Waals surface area contributed by atoms with Crippen molar-refractivity contribution < 1.29 is 9.90 Å². The molecule has 5 nitrogen and oxygen atoms in total. The van der Waals surface area contributed by atoms with Crippen LogP contribution in [-0.4, -0.2) is 20.6 Å². The average Bonchev–Trinajstić information content (AvgIpc) is 2.99. The highest BCUT2D eigenvalue weighted by atomic mass is 32.1. The van der Waals surface area contributed by atoms with E-state index in [9.17, 15) is 9.59 Å². The molecule has 3 aromatic rings. The Morgan fingerprint density at radius 3 is 2.62 bits per heavy atom. The van der Waals surface area contributed by atoms with Gasteiger partial charge in [0.2, 0.25) is 0 Å². The predicted octanol–water partition coefficient (Wildman–Crippen LogP) is 3.72. The molecular formula is C18H18N2O3S. The van der Waals surface area contributed by atoms with E-state index >= 15 is 0 Å². The third kappa shape index (κ3) is 3.10. The first-order chi connectivity index (χ1) is 11.5. The van der Waals surface area contributed by atoms with Gasteiger partial charge in [0, 0.05) is 17.3 Å². The van der Waals surface area contributed by atoms with Gasteiger partial charge in [-0.25, -0.2) is 4.98 Å². The van der Waals surface area contributed by atoms with Crippen LogP contribution in [0.4, 0.5) is 0 Å². The largest absolute Gasteiger partial charge is 0.481 e. The van der Waals surface area contributed by atoms with Gasteiger partial charge in [-0.05, 0) is 11.6 Å². The molecule has 0 bridgehead atoms. The van der Waals surface area contributed by atoms with E-state index in [0.29, 0.717) is 16.0 Å². The van der Waals surface area contributed by atoms with Gasteiger partial charge < -0.3 is 5.11 Å². The summed E-state index contributed by atoms with van der Waals surface area (Å²) in [5, 5.41) is 9.48. The highest BCUT2D eigenvalue weighted by Gasteiger charge is 2.17. The zero-order valence-electron chi connectivity index (χ0n) is 13.5. The summed E-state index contributed by atoms with van der Waals surface area (Å²) < 4.78 is 1.50. The van der Waals surface area contributed by atoms with Crippen LogP contribution in [0.1, 0.15) is 32.0 Å². The molecule has 0 saturated heterocycles. The number of rotatable bonds is 5. The Morgan fingerprint density at radius 2 is 2.00 bits per heavy atom. The number of hydrogen-bond donors (Lipinski definition) is 1. The summed E-state index contributed by atoms with van der Waals surface area (Å²) in [7, 11) is 0. The summed E-state index contributed by atoms with van der Waals surface area (Å²) in [4.78, 5) is 30.1. The summed E-state index contributed by atoms with van der Waals surface area (Å²) in [6.07, 6.45) is -0.0947. The second-order valence-electron chi connectivity index (χ2n) is 5.92. The highest BCUT2D eigenvalue weighted by molar-refractivity contribution is 7.21. The van der Waals surface area contributed by atoms with Gasteiger partial charge in [-0.2, -0.15) is 0 Å². The number of thiophene rings is 1. The summed E-state index contributed by atoms with van der Waals surface area (Å²) >= 11 is 1.49. The molecule has 1 N–H and O–H groups in total. The van der Waals surface area contributed by atoms with Gasteiger partial charge in [0.25, 0.3) is 5.56 Å². The van der Waals surface area contributed by atoms with Crippen LogP contribution < -0.4 is 5.56 Å². The molecule has 0 atom stereocenters. The molecule has 24 heavy (non-hydrogen) atoms. The molecule has 0 aliphatic carbocycles. The summed E-state index contributed by atoms with van der Waals surface area (Å²) in [6.45, 7) is 4.05. The molecule has 3 rings (SSSR count). The molecule has 2 aromatic heterocycles. The number of benzene rings is 1. The van der Waals surface area contributed by atoms with Crippen LogP contribution in [0.5, 0.6) is 0 Å². The average molecular weight is 342 g/mol. The number of fused-ring (bicyclic) bond motifs is 1. The SMILES string of the molecule is CC(C)c1nc2sc(-c3ccccc3)cc2c(=O)n1CCC(=O)O. The van der Waals surface area contributed by atoms with Crippen LogP contribution in [-0.2, 0) is 11.3 Å². The normalized spacial score (nSPS) is 11.3. The van der Waals surface area contributed by atoms with Crippen LogP contribution in [0.15, 0.2) is 41.2 Å². The molecule has 124 valence electrons. The first-order valence-corrected chi connectivity index (χ1v) is 8.60. The number of nitrogens with zero attached hydrogens (tertiary/aromatic N) is 2. The molecule has 0 fully saturated rings. The van der Waals surface area contributed by atoms with E-state index in [-0.39, 0.29) is 24.4 Å². The zero-order valence-corrected chi connectivity index (χ0v) is 14.3. The number of carboxylic acid groups (broad SMARTS) is 1. The number of aliphatic carboxylic acids is 1. The summed E-state index contributed by atoms with van der Waals surface area (Å²) in [5.41, 5.74) is 0.881. The standard InChI is InChI=1S/C18H18N2O3S/c1-11(2)16-19-17-13(18(23)20(16)9-8-15(21)22)10-14(24-17)12-6-4-3-5-7-12/h3-7,10-11H,8-9H2,1-2H3,(H,21,22). The molecule has 2 heterocycles. The minimum Gasteiger partial charge on any atom is -0.481 e. The van der Waals surface area contributed by atoms with E-state index < -0.39 is 5.97 Å². The van der Waals surface area contributed by atoms with E-state index in [1.807, 2.05) is 50.2 Å². The molecule has 0 aliphatic rings. The van der Waals surface area contributed by atoms with E-state index in [0.717, 1.165) is 10.4 Å².